The number of likely N-dealkylation sites (N-methyl/N-ethyl adjacent to an activating group) is 1. The number of benzene rings is 1. The lowest BCUT2D eigenvalue weighted by atomic mass is 9.90. The number of nitrogens with zero attached hydrogens (tertiary/aromatic N) is 1. The molecule has 1 N–H and O–H groups in total. The van der Waals surface area contributed by atoms with Gasteiger partial charge in [-0.15, -0.1) is 0 Å². The van der Waals surface area contributed by atoms with Crippen molar-refractivity contribution in [3.05, 3.63) is 34.9 Å². The maximum absolute atomic E-state index is 13.1. The molecular formula is C21H31NO4. The molecule has 5 heteroatoms. The standard InChI is InChI=1S/C21H31NO4/c1-5-18(15-11-12-19(25-4)20(13-15)26-6-2)22(3)21(24)17-10-8-7-9-16(17)14-23/h11-13,18,23H,5-10,14H2,1-4H3. The van der Waals surface area contributed by atoms with Crippen LogP contribution in [0.25, 0.3) is 0 Å². The maximum Gasteiger partial charge on any atom is 0.250 e. The Bertz CT molecular complexity index is 653. The Kier molecular flexibility index (Phi) is 7.51. The summed E-state index contributed by atoms with van der Waals surface area (Å²) in [6.07, 6.45) is 4.42. The lowest BCUT2D eigenvalue weighted by molar-refractivity contribution is -0.128. The van der Waals surface area contributed by atoms with E-state index in [4.69, 9.17) is 9.47 Å². The maximum atomic E-state index is 13.1. The fraction of sp³-hybridized carbons (Fsp3) is 0.571. The number of amides is 1. The van der Waals surface area contributed by atoms with Gasteiger partial charge in [-0.25, -0.2) is 0 Å². The van der Waals surface area contributed by atoms with Crippen LogP contribution in [0.2, 0.25) is 0 Å². The van der Waals surface area contributed by atoms with Crippen molar-refractivity contribution in [2.45, 2.75) is 52.0 Å². The molecular weight excluding hydrogens is 330 g/mol. The highest BCUT2D eigenvalue weighted by molar-refractivity contribution is 5.94. The van der Waals surface area contributed by atoms with Crippen LogP contribution in [0, 0.1) is 0 Å². The summed E-state index contributed by atoms with van der Waals surface area (Å²) in [5, 5.41) is 9.60. The first-order chi connectivity index (χ1) is 12.6. The predicted octanol–water partition coefficient (Wildman–Crippen LogP) is 3.87. The number of rotatable bonds is 8. The van der Waals surface area contributed by atoms with Crippen LogP contribution in [0.15, 0.2) is 29.3 Å². The van der Waals surface area contributed by atoms with Crippen LogP contribution in [0.5, 0.6) is 11.5 Å². The smallest absolute Gasteiger partial charge is 0.250 e. The first-order valence-corrected chi connectivity index (χ1v) is 9.46. The van der Waals surface area contributed by atoms with Gasteiger partial charge in [-0.1, -0.05) is 13.0 Å². The van der Waals surface area contributed by atoms with Crippen LogP contribution in [0.1, 0.15) is 57.6 Å². The zero-order valence-corrected chi connectivity index (χ0v) is 16.4. The van der Waals surface area contributed by atoms with Crippen molar-refractivity contribution in [3.63, 3.8) is 0 Å². The van der Waals surface area contributed by atoms with Gasteiger partial charge < -0.3 is 19.5 Å². The van der Waals surface area contributed by atoms with E-state index in [1.54, 1.807) is 12.0 Å². The molecule has 1 atom stereocenters. The Balaban J connectivity index is 2.31. The fourth-order valence-corrected chi connectivity index (χ4v) is 3.66. The molecule has 0 aliphatic heterocycles. The van der Waals surface area contributed by atoms with Crippen molar-refractivity contribution in [2.75, 3.05) is 27.4 Å². The third kappa shape index (κ3) is 4.39. The van der Waals surface area contributed by atoms with Crippen molar-refractivity contribution in [1.82, 2.24) is 4.90 Å². The van der Waals surface area contributed by atoms with E-state index in [1.807, 2.05) is 32.2 Å². The number of ether oxygens (including phenoxy) is 2. The summed E-state index contributed by atoms with van der Waals surface area (Å²) in [4.78, 5) is 14.9. The topological polar surface area (TPSA) is 59.0 Å². The molecule has 0 aromatic heterocycles. The number of carbonyl (C=O) groups is 1. The second-order valence-corrected chi connectivity index (χ2v) is 6.63. The average molecular weight is 361 g/mol. The largest absolute Gasteiger partial charge is 0.493 e. The van der Waals surface area contributed by atoms with Gasteiger partial charge in [0, 0.05) is 12.6 Å². The van der Waals surface area contributed by atoms with Crippen molar-refractivity contribution >= 4 is 5.91 Å². The summed E-state index contributed by atoms with van der Waals surface area (Å²) in [5.41, 5.74) is 2.71. The van der Waals surface area contributed by atoms with Crippen LogP contribution in [-0.4, -0.2) is 43.3 Å². The van der Waals surface area contributed by atoms with Gasteiger partial charge >= 0.3 is 0 Å². The van der Waals surface area contributed by atoms with Crippen LogP contribution in [0.4, 0.5) is 0 Å². The van der Waals surface area contributed by atoms with Crippen molar-refractivity contribution in [2.24, 2.45) is 0 Å². The highest BCUT2D eigenvalue weighted by Crippen LogP contribution is 2.34. The second kappa shape index (κ2) is 9.62. The van der Waals surface area contributed by atoms with Gasteiger partial charge in [-0.05, 0) is 62.3 Å². The number of hydrogen-bond acceptors (Lipinski definition) is 4. The summed E-state index contributed by atoms with van der Waals surface area (Å²) in [5.74, 6) is 1.41. The molecule has 0 heterocycles. The Hall–Kier alpha value is -2.01. The number of methoxy groups -OCH3 is 1. The van der Waals surface area contributed by atoms with Crippen LogP contribution >= 0.6 is 0 Å². The predicted molar refractivity (Wildman–Crippen MR) is 103 cm³/mol. The van der Waals surface area contributed by atoms with E-state index in [9.17, 15) is 9.90 Å². The first-order valence-electron chi connectivity index (χ1n) is 9.46. The molecule has 0 fully saturated rings. The minimum Gasteiger partial charge on any atom is -0.493 e. The molecule has 1 aromatic rings. The van der Waals surface area contributed by atoms with E-state index in [2.05, 4.69) is 6.92 Å². The zero-order valence-electron chi connectivity index (χ0n) is 16.4. The van der Waals surface area contributed by atoms with Crippen molar-refractivity contribution < 1.29 is 19.4 Å². The molecule has 1 aliphatic rings. The van der Waals surface area contributed by atoms with Gasteiger partial charge in [-0.2, -0.15) is 0 Å². The number of aliphatic hydroxyl groups excluding tert-OH is 1. The zero-order chi connectivity index (χ0) is 19.1. The highest BCUT2D eigenvalue weighted by atomic mass is 16.5. The third-order valence-electron chi connectivity index (χ3n) is 5.08. The van der Waals surface area contributed by atoms with E-state index >= 15 is 0 Å². The molecule has 0 radical (unpaired) electrons. The van der Waals surface area contributed by atoms with Crippen LogP contribution in [0.3, 0.4) is 0 Å². The van der Waals surface area contributed by atoms with E-state index < -0.39 is 0 Å². The van der Waals surface area contributed by atoms with Gasteiger partial charge in [0.25, 0.3) is 0 Å². The molecule has 26 heavy (non-hydrogen) atoms. The minimum atomic E-state index is -0.0537. The van der Waals surface area contributed by atoms with E-state index in [1.165, 1.54) is 0 Å². The van der Waals surface area contributed by atoms with Gasteiger partial charge in [0.1, 0.15) is 0 Å². The van der Waals surface area contributed by atoms with E-state index in [0.29, 0.717) is 18.1 Å². The SMILES string of the molecule is CCOc1cc(C(CC)N(C)C(=O)C2=C(CO)CCCC2)ccc1OC. The van der Waals surface area contributed by atoms with Crippen molar-refractivity contribution in [1.29, 1.82) is 0 Å². The molecule has 1 aliphatic carbocycles. The Morgan fingerprint density at radius 1 is 1.23 bits per heavy atom. The lowest BCUT2D eigenvalue weighted by Crippen LogP contribution is -2.33. The summed E-state index contributed by atoms with van der Waals surface area (Å²) in [6.45, 7) is 4.53. The molecule has 0 saturated carbocycles. The second-order valence-electron chi connectivity index (χ2n) is 6.63. The normalized spacial score (nSPS) is 15.6. The first kappa shape index (κ1) is 20.3. The van der Waals surface area contributed by atoms with Crippen molar-refractivity contribution in [3.8, 4) is 11.5 Å². The molecule has 0 saturated heterocycles. The van der Waals surface area contributed by atoms with Gasteiger partial charge in [0.05, 0.1) is 26.4 Å². The Morgan fingerprint density at radius 3 is 2.58 bits per heavy atom. The summed E-state index contributed by atoms with van der Waals surface area (Å²) in [7, 11) is 3.47. The Labute approximate surface area is 156 Å². The molecule has 144 valence electrons. The quantitative estimate of drug-likeness (QED) is 0.764. The van der Waals surface area contributed by atoms with Crippen LogP contribution in [-0.2, 0) is 4.79 Å². The molecule has 2 rings (SSSR count). The summed E-state index contributed by atoms with van der Waals surface area (Å²) >= 11 is 0. The number of aliphatic hydroxyl groups is 1. The van der Waals surface area contributed by atoms with Crippen LogP contribution < -0.4 is 9.47 Å². The monoisotopic (exact) mass is 361 g/mol. The molecule has 0 spiro atoms. The van der Waals surface area contributed by atoms with Gasteiger partial charge in [0.15, 0.2) is 11.5 Å². The fourth-order valence-electron chi connectivity index (χ4n) is 3.66. The number of carbonyl (C=O) groups excluding carboxylic acids is 1. The van der Waals surface area contributed by atoms with Gasteiger partial charge in [0.2, 0.25) is 5.91 Å². The molecule has 1 amide bonds. The number of hydrogen-bond donors (Lipinski definition) is 1. The lowest BCUT2D eigenvalue weighted by Gasteiger charge is -2.31. The molecule has 1 aromatic carbocycles. The van der Waals surface area contributed by atoms with E-state index in [0.717, 1.165) is 48.8 Å². The molecule has 0 bridgehead atoms. The summed E-state index contributed by atoms with van der Waals surface area (Å²) < 4.78 is 11.0. The summed E-state index contributed by atoms with van der Waals surface area (Å²) in [6, 6.07) is 5.78. The Morgan fingerprint density at radius 2 is 1.96 bits per heavy atom. The van der Waals surface area contributed by atoms with E-state index in [-0.39, 0.29) is 18.6 Å². The average Bonchev–Trinajstić information content (AvgIpc) is 2.68. The molecule has 5 nitrogen and oxygen atoms in total. The molecule has 1 unspecified atom stereocenters. The third-order valence-corrected chi connectivity index (χ3v) is 5.08. The van der Waals surface area contributed by atoms with Gasteiger partial charge in [-0.3, -0.25) is 4.79 Å². The highest BCUT2D eigenvalue weighted by Gasteiger charge is 2.26. The minimum absolute atomic E-state index is 0.0226.